The van der Waals surface area contributed by atoms with Gasteiger partial charge in [0.05, 0.1) is 0 Å². The molecule has 0 aromatic heterocycles. The zero-order valence-corrected chi connectivity index (χ0v) is 9.19. The summed E-state index contributed by atoms with van der Waals surface area (Å²) in [7, 11) is 0. The minimum Gasteiger partial charge on any atom is -0.480 e. The smallest absolute Gasteiger partial charge is 0.320 e. The van der Waals surface area contributed by atoms with E-state index in [4.69, 9.17) is 22.3 Å². The summed E-state index contributed by atoms with van der Waals surface area (Å²) >= 11 is 0. The van der Waals surface area contributed by atoms with Crippen molar-refractivity contribution in [2.75, 3.05) is 6.54 Å². The second kappa shape index (κ2) is 8.64. The number of aliphatic carboxylic acids is 1. The molecule has 0 bridgehead atoms. The Bertz CT molecular complexity index is 176. The fraction of sp³-hybridized carbons (Fsp3) is 0.900. The van der Waals surface area contributed by atoms with E-state index in [9.17, 15) is 4.79 Å². The second-order valence-electron chi connectivity index (χ2n) is 3.92. The van der Waals surface area contributed by atoms with Gasteiger partial charge < -0.3 is 22.3 Å². The largest absolute Gasteiger partial charge is 0.480 e. The van der Waals surface area contributed by atoms with Crippen molar-refractivity contribution >= 4 is 5.97 Å². The van der Waals surface area contributed by atoms with E-state index in [1.165, 1.54) is 0 Å². The van der Waals surface area contributed by atoms with Gasteiger partial charge in [-0.1, -0.05) is 6.42 Å². The quantitative estimate of drug-likeness (QED) is 0.406. The molecule has 0 saturated heterocycles. The van der Waals surface area contributed by atoms with Crippen LogP contribution in [0, 0.1) is 0 Å². The first-order valence-corrected chi connectivity index (χ1v) is 5.52. The third-order valence-electron chi connectivity index (χ3n) is 2.44. The number of hydrogen-bond donors (Lipinski definition) is 4. The average molecular weight is 217 g/mol. The predicted molar refractivity (Wildman–Crippen MR) is 60.3 cm³/mol. The lowest BCUT2D eigenvalue weighted by Crippen LogP contribution is -2.30. The summed E-state index contributed by atoms with van der Waals surface area (Å²) in [6, 6.07) is -0.598. The monoisotopic (exact) mass is 217 g/mol. The van der Waals surface area contributed by atoms with Crippen LogP contribution in [0.5, 0.6) is 0 Å². The number of carboxylic acids is 1. The zero-order chi connectivity index (χ0) is 11.7. The van der Waals surface area contributed by atoms with Crippen molar-refractivity contribution in [2.24, 2.45) is 17.2 Å². The Morgan fingerprint density at radius 1 is 1.07 bits per heavy atom. The molecule has 5 heteroatoms. The normalized spacial score (nSPS) is 14.9. The summed E-state index contributed by atoms with van der Waals surface area (Å²) in [5, 5.41) is 8.55. The highest BCUT2D eigenvalue weighted by atomic mass is 16.4. The lowest BCUT2D eigenvalue weighted by molar-refractivity contribution is -0.138. The van der Waals surface area contributed by atoms with Crippen molar-refractivity contribution in [2.45, 2.75) is 50.6 Å². The molecule has 0 rings (SSSR count). The number of hydrogen-bond acceptors (Lipinski definition) is 4. The van der Waals surface area contributed by atoms with Crippen molar-refractivity contribution < 1.29 is 9.90 Å². The van der Waals surface area contributed by atoms with Crippen LogP contribution in [0.15, 0.2) is 0 Å². The van der Waals surface area contributed by atoms with E-state index in [0.29, 0.717) is 13.0 Å². The van der Waals surface area contributed by atoms with Gasteiger partial charge in [0.25, 0.3) is 0 Å². The SMILES string of the molecule is NCCCCC(N)CCC[C@H](N)C(=O)O. The molecule has 90 valence electrons. The predicted octanol–water partition coefficient (Wildman–Crippen LogP) is 0.0249. The molecular formula is C10H23N3O2. The molecular weight excluding hydrogens is 194 g/mol. The molecule has 15 heavy (non-hydrogen) atoms. The summed E-state index contributed by atoms with van der Waals surface area (Å²) in [5.74, 6) is -0.938. The summed E-state index contributed by atoms with van der Waals surface area (Å²) in [5.41, 5.74) is 16.6. The van der Waals surface area contributed by atoms with E-state index in [2.05, 4.69) is 0 Å². The van der Waals surface area contributed by atoms with Crippen LogP contribution in [0.1, 0.15) is 38.5 Å². The molecule has 0 radical (unpaired) electrons. The Morgan fingerprint density at radius 3 is 2.20 bits per heavy atom. The highest BCUT2D eigenvalue weighted by Gasteiger charge is 2.11. The molecule has 1 unspecified atom stereocenters. The highest BCUT2D eigenvalue weighted by molar-refractivity contribution is 5.72. The number of carbonyl (C=O) groups is 1. The molecule has 0 aromatic rings. The van der Waals surface area contributed by atoms with Gasteiger partial charge in [0.1, 0.15) is 6.04 Å². The Hall–Kier alpha value is -0.650. The maximum Gasteiger partial charge on any atom is 0.320 e. The number of nitrogens with two attached hydrogens (primary N) is 3. The summed E-state index contributed by atoms with van der Waals surface area (Å²) in [4.78, 5) is 10.4. The first-order valence-electron chi connectivity index (χ1n) is 5.52. The standard InChI is InChI=1S/C10H23N3O2/c11-7-2-1-4-8(12)5-3-6-9(13)10(14)15/h8-9H,1-7,11-13H2,(H,14,15)/t8?,9-/m0/s1. The summed E-state index contributed by atoms with van der Waals surface area (Å²) in [6.07, 6.45) is 5.12. The molecule has 0 aliphatic rings. The van der Waals surface area contributed by atoms with Crippen LogP contribution in [0.25, 0.3) is 0 Å². The van der Waals surface area contributed by atoms with E-state index in [1.54, 1.807) is 0 Å². The van der Waals surface area contributed by atoms with Crippen LogP contribution in [0.2, 0.25) is 0 Å². The van der Waals surface area contributed by atoms with Gasteiger partial charge in [-0.15, -0.1) is 0 Å². The van der Waals surface area contributed by atoms with Crippen molar-refractivity contribution in [3.8, 4) is 0 Å². The van der Waals surface area contributed by atoms with Gasteiger partial charge in [-0.05, 0) is 38.6 Å². The van der Waals surface area contributed by atoms with Crippen molar-refractivity contribution in [1.29, 1.82) is 0 Å². The molecule has 7 N–H and O–H groups in total. The minimum atomic E-state index is -0.938. The van der Waals surface area contributed by atoms with Crippen LogP contribution >= 0.6 is 0 Å². The fourth-order valence-electron chi connectivity index (χ4n) is 1.42. The summed E-state index contributed by atoms with van der Waals surface area (Å²) < 4.78 is 0. The molecule has 0 saturated carbocycles. The van der Waals surface area contributed by atoms with Crippen LogP contribution in [0.4, 0.5) is 0 Å². The second-order valence-corrected chi connectivity index (χ2v) is 3.92. The van der Waals surface area contributed by atoms with E-state index in [0.717, 1.165) is 32.1 Å². The van der Waals surface area contributed by atoms with Gasteiger partial charge in [0.2, 0.25) is 0 Å². The van der Waals surface area contributed by atoms with Gasteiger partial charge in [0.15, 0.2) is 0 Å². The third-order valence-corrected chi connectivity index (χ3v) is 2.44. The molecule has 0 aliphatic carbocycles. The maximum absolute atomic E-state index is 10.4. The Kier molecular flexibility index (Phi) is 8.27. The van der Waals surface area contributed by atoms with Gasteiger partial charge in [-0.25, -0.2) is 0 Å². The maximum atomic E-state index is 10.4. The lowest BCUT2D eigenvalue weighted by Gasteiger charge is -2.12. The lowest BCUT2D eigenvalue weighted by atomic mass is 10.0. The number of carboxylic acid groups (broad SMARTS) is 1. The van der Waals surface area contributed by atoms with Crippen molar-refractivity contribution in [1.82, 2.24) is 0 Å². The Labute approximate surface area is 91.0 Å². The third kappa shape index (κ3) is 8.35. The zero-order valence-electron chi connectivity index (χ0n) is 9.19. The molecule has 0 aliphatic heterocycles. The number of rotatable bonds is 9. The minimum absolute atomic E-state index is 0.151. The van der Waals surface area contributed by atoms with Gasteiger partial charge in [-0.3, -0.25) is 4.79 Å². The average Bonchev–Trinajstić information content (AvgIpc) is 2.18. The molecule has 0 aromatic carbocycles. The first kappa shape index (κ1) is 14.3. The molecule has 0 heterocycles. The molecule has 0 spiro atoms. The molecule has 0 fully saturated rings. The van der Waals surface area contributed by atoms with Crippen molar-refractivity contribution in [3.63, 3.8) is 0 Å². The fourth-order valence-corrected chi connectivity index (χ4v) is 1.42. The van der Waals surface area contributed by atoms with Crippen LogP contribution in [-0.2, 0) is 4.79 Å². The van der Waals surface area contributed by atoms with Gasteiger partial charge >= 0.3 is 5.97 Å². The molecule has 5 nitrogen and oxygen atoms in total. The Morgan fingerprint density at radius 2 is 1.67 bits per heavy atom. The molecule has 0 amide bonds. The number of unbranched alkanes of at least 4 members (excludes halogenated alkanes) is 1. The van der Waals surface area contributed by atoms with E-state index < -0.39 is 12.0 Å². The van der Waals surface area contributed by atoms with E-state index >= 15 is 0 Å². The Balaban J connectivity index is 3.38. The van der Waals surface area contributed by atoms with E-state index in [1.807, 2.05) is 0 Å². The van der Waals surface area contributed by atoms with Crippen molar-refractivity contribution in [3.05, 3.63) is 0 Å². The molecule has 2 atom stereocenters. The van der Waals surface area contributed by atoms with E-state index in [-0.39, 0.29) is 6.04 Å². The highest BCUT2D eigenvalue weighted by Crippen LogP contribution is 2.07. The van der Waals surface area contributed by atoms with Gasteiger partial charge in [0, 0.05) is 6.04 Å². The first-order chi connectivity index (χ1) is 7.07. The summed E-state index contributed by atoms with van der Waals surface area (Å²) in [6.45, 7) is 0.705. The van der Waals surface area contributed by atoms with Crippen LogP contribution < -0.4 is 17.2 Å². The topological polar surface area (TPSA) is 115 Å². The van der Waals surface area contributed by atoms with Gasteiger partial charge in [-0.2, -0.15) is 0 Å². The van der Waals surface area contributed by atoms with Crippen LogP contribution in [-0.4, -0.2) is 29.7 Å². The van der Waals surface area contributed by atoms with Crippen LogP contribution in [0.3, 0.4) is 0 Å².